The van der Waals surface area contributed by atoms with E-state index in [-0.39, 0.29) is 5.84 Å². The van der Waals surface area contributed by atoms with Crippen LogP contribution < -0.4 is 10.5 Å². The quantitative estimate of drug-likeness (QED) is 0.347. The Morgan fingerprint density at radius 1 is 1.15 bits per heavy atom. The molecule has 2 aromatic rings. The first-order valence-corrected chi connectivity index (χ1v) is 7.32. The van der Waals surface area contributed by atoms with E-state index in [4.69, 9.17) is 15.7 Å². The van der Waals surface area contributed by atoms with Gasteiger partial charge in [-0.2, -0.15) is 0 Å². The van der Waals surface area contributed by atoms with E-state index < -0.39 is 0 Å². The van der Waals surface area contributed by atoms with Crippen molar-refractivity contribution in [1.82, 2.24) is 0 Å². The molecule has 0 aromatic heterocycles. The maximum absolute atomic E-state index is 8.87. The van der Waals surface area contributed by atoms with Crippen LogP contribution in [0.2, 0.25) is 0 Å². The molecular formula is C14H12Br2N2O2. The maximum atomic E-state index is 8.87. The molecule has 2 aromatic carbocycles. The van der Waals surface area contributed by atoms with E-state index in [0.29, 0.717) is 21.5 Å². The van der Waals surface area contributed by atoms with Crippen LogP contribution >= 0.6 is 31.9 Å². The number of halogens is 2. The lowest BCUT2D eigenvalue weighted by Crippen LogP contribution is -2.15. The summed E-state index contributed by atoms with van der Waals surface area (Å²) in [5, 5.41) is 11.9. The third kappa shape index (κ3) is 3.13. The number of hydrogen-bond acceptors (Lipinski definition) is 3. The highest BCUT2D eigenvalue weighted by Gasteiger charge is 2.14. The van der Waals surface area contributed by atoms with Gasteiger partial charge in [-0.25, -0.2) is 0 Å². The summed E-state index contributed by atoms with van der Waals surface area (Å²) in [5.74, 6) is 1.13. The average molecular weight is 400 g/mol. The van der Waals surface area contributed by atoms with Gasteiger partial charge in [0.1, 0.15) is 11.5 Å². The molecule has 0 spiro atoms. The van der Waals surface area contributed by atoms with Crippen LogP contribution in [0.15, 0.2) is 50.5 Å². The molecule has 0 amide bonds. The third-order valence-electron chi connectivity index (χ3n) is 2.65. The first-order valence-electron chi connectivity index (χ1n) is 5.73. The minimum Gasteiger partial charge on any atom is -0.455 e. The molecule has 104 valence electrons. The van der Waals surface area contributed by atoms with Crippen molar-refractivity contribution < 1.29 is 9.94 Å². The Labute approximate surface area is 133 Å². The van der Waals surface area contributed by atoms with Crippen molar-refractivity contribution in [3.05, 3.63) is 56.5 Å². The van der Waals surface area contributed by atoms with Crippen molar-refractivity contribution >= 4 is 37.7 Å². The number of hydrogen-bond donors (Lipinski definition) is 2. The van der Waals surface area contributed by atoms with Gasteiger partial charge in [0.15, 0.2) is 5.84 Å². The monoisotopic (exact) mass is 398 g/mol. The lowest BCUT2D eigenvalue weighted by atomic mass is 10.2. The van der Waals surface area contributed by atoms with Crippen molar-refractivity contribution in [2.45, 2.75) is 6.92 Å². The summed E-state index contributed by atoms with van der Waals surface area (Å²) in [6.45, 7) is 2.00. The smallest absolute Gasteiger partial charge is 0.175 e. The lowest BCUT2D eigenvalue weighted by molar-refractivity contribution is 0.318. The van der Waals surface area contributed by atoms with E-state index in [0.717, 1.165) is 10.0 Å². The van der Waals surface area contributed by atoms with Gasteiger partial charge in [0.2, 0.25) is 0 Å². The molecule has 0 bridgehead atoms. The van der Waals surface area contributed by atoms with E-state index in [1.807, 2.05) is 31.2 Å². The van der Waals surface area contributed by atoms with Crippen LogP contribution in [-0.4, -0.2) is 11.0 Å². The molecule has 2 rings (SSSR count). The van der Waals surface area contributed by atoms with E-state index in [2.05, 4.69) is 37.0 Å². The molecule has 0 atom stereocenters. The standard InChI is InChI=1S/C14H12Br2N2O2/c1-8-5-6-11(10(16)7-8)20-12-4-2-3-9(15)13(12)14(17)18-19/h2-7,19H,1H3,(H2,17,18). The van der Waals surface area contributed by atoms with Crippen LogP contribution in [-0.2, 0) is 0 Å². The number of benzene rings is 2. The summed E-state index contributed by atoms with van der Waals surface area (Å²) < 4.78 is 7.37. The lowest BCUT2D eigenvalue weighted by Gasteiger charge is -2.13. The second-order valence-electron chi connectivity index (χ2n) is 4.13. The highest BCUT2D eigenvalue weighted by molar-refractivity contribution is 9.10. The molecule has 4 nitrogen and oxygen atoms in total. The zero-order chi connectivity index (χ0) is 14.7. The van der Waals surface area contributed by atoms with Gasteiger partial charge in [-0.15, -0.1) is 0 Å². The van der Waals surface area contributed by atoms with Crippen LogP contribution in [0.4, 0.5) is 0 Å². The fourth-order valence-corrected chi connectivity index (χ4v) is 2.82. The molecule has 0 aliphatic carbocycles. The summed E-state index contributed by atoms with van der Waals surface area (Å²) in [6.07, 6.45) is 0. The Balaban J connectivity index is 2.46. The van der Waals surface area contributed by atoms with Crippen molar-refractivity contribution in [3.8, 4) is 11.5 Å². The molecule has 0 aliphatic heterocycles. The third-order valence-corrected chi connectivity index (χ3v) is 3.93. The molecule has 0 heterocycles. The van der Waals surface area contributed by atoms with Gasteiger partial charge >= 0.3 is 0 Å². The number of amidine groups is 1. The fraction of sp³-hybridized carbons (Fsp3) is 0.0714. The Morgan fingerprint density at radius 2 is 1.90 bits per heavy atom. The fourth-order valence-electron chi connectivity index (χ4n) is 1.70. The van der Waals surface area contributed by atoms with Crippen molar-refractivity contribution in [2.24, 2.45) is 10.9 Å². The van der Waals surface area contributed by atoms with Gasteiger partial charge in [0.05, 0.1) is 10.0 Å². The molecule has 0 aliphatic rings. The number of ether oxygens (including phenoxy) is 1. The van der Waals surface area contributed by atoms with Crippen LogP contribution in [0.1, 0.15) is 11.1 Å². The first kappa shape index (κ1) is 14.9. The van der Waals surface area contributed by atoms with Crippen LogP contribution in [0.3, 0.4) is 0 Å². The summed E-state index contributed by atoms with van der Waals surface area (Å²) in [4.78, 5) is 0. The van der Waals surface area contributed by atoms with E-state index in [1.54, 1.807) is 12.1 Å². The zero-order valence-corrected chi connectivity index (χ0v) is 13.8. The van der Waals surface area contributed by atoms with Crippen molar-refractivity contribution in [1.29, 1.82) is 0 Å². The summed E-state index contributed by atoms with van der Waals surface area (Å²) in [7, 11) is 0. The number of rotatable bonds is 3. The summed E-state index contributed by atoms with van der Waals surface area (Å²) >= 11 is 6.82. The molecule has 0 radical (unpaired) electrons. The highest BCUT2D eigenvalue weighted by Crippen LogP contribution is 2.34. The number of oxime groups is 1. The second kappa shape index (κ2) is 6.28. The SMILES string of the molecule is Cc1ccc(Oc2cccc(Br)c2/C(N)=N/O)c(Br)c1. The zero-order valence-electron chi connectivity index (χ0n) is 10.6. The van der Waals surface area contributed by atoms with E-state index in [1.165, 1.54) is 0 Å². The Hall–Kier alpha value is -1.53. The molecule has 6 heteroatoms. The van der Waals surface area contributed by atoms with Gasteiger partial charge in [-0.3, -0.25) is 0 Å². The van der Waals surface area contributed by atoms with Crippen molar-refractivity contribution in [3.63, 3.8) is 0 Å². The summed E-state index contributed by atoms with van der Waals surface area (Å²) in [5.41, 5.74) is 7.31. The van der Waals surface area contributed by atoms with Crippen LogP contribution in [0, 0.1) is 6.92 Å². The van der Waals surface area contributed by atoms with Crippen molar-refractivity contribution in [2.75, 3.05) is 0 Å². The minimum atomic E-state index is -0.0179. The Bertz CT molecular complexity index is 672. The molecule has 0 fully saturated rings. The maximum Gasteiger partial charge on any atom is 0.175 e. The van der Waals surface area contributed by atoms with Crippen LogP contribution in [0.5, 0.6) is 11.5 Å². The molecule has 0 saturated heterocycles. The molecule has 0 unspecified atom stereocenters. The molecule has 0 saturated carbocycles. The second-order valence-corrected chi connectivity index (χ2v) is 5.84. The van der Waals surface area contributed by atoms with E-state index >= 15 is 0 Å². The largest absolute Gasteiger partial charge is 0.455 e. The number of nitrogens with zero attached hydrogens (tertiary/aromatic N) is 1. The molecular weight excluding hydrogens is 388 g/mol. The van der Waals surface area contributed by atoms with Gasteiger partial charge in [-0.05, 0) is 68.6 Å². The predicted molar refractivity (Wildman–Crippen MR) is 85.6 cm³/mol. The number of aryl methyl sites for hydroxylation is 1. The topological polar surface area (TPSA) is 67.8 Å². The highest BCUT2D eigenvalue weighted by atomic mass is 79.9. The van der Waals surface area contributed by atoms with Gasteiger partial charge in [-0.1, -0.05) is 17.3 Å². The average Bonchev–Trinajstić information content (AvgIpc) is 2.41. The number of nitrogens with two attached hydrogens (primary N) is 1. The van der Waals surface area contributed by atoms with Crippen LogP contribution in [0.25, 0.3) is 0 Å². The van der Waals surface area contributed by atoms with Gasteiger partial charge in [0.25, 0.3) is 0 Å². The Morgan fingerprint density at radius 3 is 2.55 bits per heavy atom. The summed E-state index contributed by atoms with van der Waals surface area (Å²) in [6, 6.07) is 11.1. The molecule has 3 N–H and O–H groups in total. The normalized spacial score (nSPS) is 11.4. The predicted octanol–water partition coefficient (Wildman–Crippen LogP) is 4.41. The van der Waals surface area contributed by atoms with Gasteiger partial charge in [0, 0.05) is 4.47 Å². The molecule has 20 heavy (non-hydrogen) atoms. The Kier molecular flexibility index (Phi) is 4.67. The first-order chi connectivity index (χ1) is 9.52. The van der Waals surface area contributed by atoms with E-state index in [9.17, 15) is 0 Å². The minimum absolute atomic E-state index is 0.0179. The van der Waals surface area contributed by atoms with Gasteiger partial charge < -0.3 is 15.7 Å².